The number of rotatable bonds is 2. The fraction of sp³-hybridized carbons (Fsp3) is 0.464. The van der Waals surface area contributed by atoms with E-state index in [0.717, 1.165) is 54.7 Å². The molecule has 1 amide bonds. The van der Waals surface area contributed by atoms with E-state index in [1.54, 1.807) is 18.1 Å². The predicted molar refractivity (Wildman–Crippen MR) is 128 cm³/mol. The lowest BCUT2D eigenvalue weighted by Gasteiger charge is -2.59. The molecule has 2 heterocycles. The van der Waals surface area contributed by atoms with Crippen molar-refractivity contribution in [1.82, 2.24) is 9.80 Å². The minimum Gasteiger partial charge on any atom is -0.508 e. The lowest BCUT2D eigenvalue weighted by molar-refractivity contribution is -0.133. The summed E-state index contributed by atoms with van der Waals surface area (Å²) in [5.41, 5.74) is 2.72. The number of likely N-dealkylation sites (tertiary alicyclic amines) is 1. The molecule has 0 radical (unpaired) electrons. The quantitative estimate of drug-likeness (QED) is 0.702. The number of aromatic hydroxyl groups is 1. The summed E-state index contributed by atoms with van der Waals surface area (Å²) in [6.07, 6.45) is 3.46. The van der Waals surface area contributed by atoms with Crippen molar-refractivity contribution in [2.75, 3.05) is 27.7 Å². The van der Waals surface area contributed by atoms with Crippen LogP contribution in [0.5, 0.6) is 17.2 Å². The molecule has 2 aliphatic carbocycles. The number of nitrogens with zero attached hydrogens (tertiary/aromatic N) is 2. The molecule has 2 aromatic rings. The van der Waals surface area contributed by atoms with E-state index >= 15 is 0 Å². The van der Waals surface area contributed by atoms with Crippen LogP contribution < -0.4 is 9.47 Å². The SMILES string of the molecule is COc1cc(O)c2c3c1O[C@H]1[C@H](N(C)C(=O)C#Cc4ccccc4)CC[C@H]4[C@@H](C2)N(C)CC[C@@]341. The second kappa shape index (κ2) is 7.68. The van der Waals surface area contributed by atoms with E-state index in [-0.39, 0.29) is 23.5 Å². The summed E-state index contributed by atoms with van der Waals surface area (Å²) in [5, 5.41) is 10.9. The number of methoxy groups -OCH3 is 1. The highest BCUT2D eigenvalue weighted by molar-refractivity contribution is 5.94. The van der Waals surface area contributed by atoms with Crippen molar-refractivity contribution in [3.63, 3.8) is 0 Å². The first-order chi connectivity index (χ1) is 16.5. The molecule has 6 nitrogen and oxygen atoms in total. The normalized spacial score (nSPS) is 30.4. The number of likely N-dealkylation sites (N-methyl/N-ethyl adjacent to an activating group) is 2. The molecule has 1 spiro atoms. The van der Waals surface area contributed by atoms with Gasteiger partial charge in [-0.3, -0.25) is 4.79 Å². The zero-order chi connectivity index (χ0) is 23.6. The number of piperidine rings is 1. The van der Waals surface area contributed by atoms with Crippen LogP contribution in [0.3, 0.4) is 0 Å². The zero-order valence-corrected chi connectivity index (χ0v) is 19.9. The van der Waals surface area contributed by atoms with Crippen LogP contribution in [0, 0.1) is 17.8 Å². The van der Waals surface area contributed by atoms with Crippen molar-refractivity contribution in [1.29, 1.82) is 0 Å². The molecule has 0 unspecified atom stereocenters. The van der Waals surface area contributed by atoms with Gasteiger partial charge in [-0.25, -0.2) is 0 Å². The van der Waals surface area contributed by atoms with Gasteiger partial charge in [-0.05, 0) is 57.3 Å². The number of carbonyl (C=O) groups is 1. The van der Waals surface area contributed by atoms with E-state index in [4.69, 9.17) is 9.47 Å². The van der Waals surface area contributed by atoms with Gasteiger partial charge in [-0.15, -0.1) is 0 Å². The van der Waals surface area contributed by atoms with Gasteiger partial charge in [-0.1, -0.05) is 24.1 Å². The van der Waals surface area contributed by atoms with Crippen molar-refractivity contribution in [2.24, 2.45) is 5.92 Å². The molecule has 6 heteroatoms. The average molecular weight is 459 g/mol. The Kier molecular flexibility index (Phi) is 4.82. The van der Waals surface area contributed by atoms with Gasteiger partial charge in [0.15, 0.2) is 11.5 Å². The molecular weight excluding hydrogens is 428 g/mol. The molecule has 1 saturated heterocycles. The Morgan fingerprint density at radius 1 is 1.29 bits per heavy atom. The first kappa shape index (κ1) is 21.4. The highest BCUT2D eigenvalue weighted by Crippen LogP contribution is 2.65. The van der Waals surface area contributed by atoms with Crippen molar-refractivity contribution in [2.45, 2.75) is 49.3 Å². The molecular formula is C28H30N2O4. The van der Waals surface area contributed by atoms with Crippen LogP contribution in [0.1, 0.15) is 36.0 Å². The summed E-state index contributed by atoms with van der Waals surface area (Å²) < 4.78 is 12.4. The Balaban J connectivity index is 1.41. The third-order valence-corrected chi connectivity index (χ3v) is 8.78. The number of phenols is 1. The summed E-state index contributed by atoms with van der Waals surface area (Å²) >= 11 is 0. The molecule has 2 aromatic carbocycles. The number of amides is 1. The smallest absolute Gasteiger partial charge is 0.298 e. The number of benzene rings is 2. The summed E-state index contributed by atoms with van der Waals surface area (Å²) in [4.78, 5) is 17.4. The minimum atomic E-state index is -0.226. The Bertz CT molecular complexity index is 1220. The lowest BCUT2D eigenvalue weighted by Crippen LogP contribution is -2.68. The molecule has 34 heavy (non-hydrogen) atoms. The van der Waals surface area contributed by atoms with Crippen LogP contribution in [0.4, 0.5) is 0 Å². The van der Waals surface area contributed by atoms with Crippen LogP contribution in [0.15, 0.2) is 36.4 Å². The van der Waals surface area contributed by atoms with Crippen LogP contribution in [0.25, 0.3) is 0 Å². The fourth-order valence-electron chi connectivity index (χ4n) is 7.20. The highest BCUT2D eigenvalue weighted by Gasteiger charge is 2.66. The van der Waals surface area contributed by atoms with Gasteiger partial charge in [0.05, 0.1) is 13.2 Å². The number of phenolic OH excluding ortho intramolecular Hbond substituents is 1. The van der Waals surface area contributed by atoms with Crippen molar-refractivity contribution >= 4 is 5.91 Å². The van der Waals surface area contributed by atoms with E-state index in [0.29, 0.717) is 23.5 Å². The van der Waals surface area contributed by atoms with Crippen LogP contribution in [-0.2, 0) is 16.6 Å². The van der Waals surface area contributed by atoms with Gasteiger partial charge in [0, 0.05) is 47.2 Å². The molecule has 6 rings (SSSR count). The number of hydrogen-bond acceptors (Lipinski definition) is 5. The third kappa shape index (κ3) is 2.83. The Morgan fingerprint density at radius 3 is 2.85 bits per heavy atom. The molecule has 0 aromatic heterocycles. The lowest BCUT2D eigenvalue weighted by atomic mass is 9.51. The molecule has 2 fully saturated rings. The number of carbonyl (C=O) groups excluding carboxylic acids is 1. The van der Waals surface area contributed by atoms with Crippen molar-refractivity contribution in [3.05, 3.63) is 53.1 Å². The maximum absolute atomic E-state index is 13.2. The molecule has 2 bridgehead atoms. The van der Waals surface area contributed by atoms with Crippen LogP contribution in [0.2, 0.25) is 0 Å². The maximum atomic E-state index is 13.2. The number of ether oxygens (including phenoxy) is 2. The molecule has 4 aliphatic rings. The van der Waals surface area contributed by atoms with Crippen LogP contribution >= 0.6 is 0 Å². The standard InChI is InChI=1S/C28H30N2O4/c1-29-14-13-28-19-10-11-20(30(2)24(32)12-9-17-7-5-4-6-8-17)27(28)34-26-23(33-3)16-22(31)18(25(26)28)15-21(19)29/h4-8,16,19-21,27,31H,10-11,13-15H2,1-3H3/t19-,20+,21+,27-,28-/m0/s1. The largest absolute Gasteiger partial charge is 0.508 e. The predicted octanol–water partition coefficient (Wildman–Crippen LogP) is 2.95. The fourth-order valence-corrected chi connectivity index (χ4v) is 7.20. The van der Waals surface area contributed by atoms with Gasteiger partial charge in [0.2, 0.25) is 0 Å². The first-order valence-corrected chi connectivity index (χ1v) is 12.1. The second-order valence-corrected chi connectivity index (χ2v) is 10.1. The summed E-state index contributed by atoms with van der Waals surface area (Å²) in [7, 11) is 5.65. The molecule has 1 saturated carbocycles. The van der Waals surface area contributed by atoms with Crippen LogP contribution in [-0.4, -0.2) is 66.8 Å². The van der Waals surface area contributed by atoms with Crippen molar-refractivity contribution in [3.8, 4) is 29.1 Å². The molecule has 1 N–H and O–H groups in total. The Labute approximate surface area is 200 Å². The molecule has 2 aliphatic heterocycles. The molecule has 176 valence electrons. The monoisotopic (exact) mass is 458 g/mol. The van der Waals surface area contributed by atoms with Gasteiger partial charge >= 0.3 is 0 Å². The number of hydrogen-bond donors (Lipinski definition) is 1. The van der Waals surface area contributed by atoms with E-state index in [1.165, 1.54) is 0 Å². The van der Waals surface area contributed by atoms with Gasteiger partial charge < -0.3 is 24.4 Å². The first-order valence-electron chi connectivity index (χ1n) is 12.1. The minimum absolute atomic E-state index is 0.0944. The average Bonchev–Trinajstić information content (AvgIpc) is 3.20. The van der Waals surface area contributed by atoms with Crippen molar-refractivity contribution < 1.29 is 19.4 Å². The third-order valence-electron chi connectivity index (χ3n) is 8.78. The van der Waals surface area contributed by atoms with Gasteiger partial charge in [-0.2, -0.15) is 0 Å². The van der Waals surface area contributed by atoms with E-state index in [9.17, 15) is 9.90 Å². The summed E-state index contributed by atoms with van der Waals surface area (Å²) in [5.74, 6) is 7.69. The van der Waals surface area contributed by atoms with Gasteiger partial charge in [0.25, 0.3) is 5.91 Å². The van der Waals surface area contributed by atoms with E-state index in [2.05, 4.69) is 23.8 Å². The topological polar surface area (TPSA) is 62.2 Å². The summed E-state index contributed by atoms with van der Waals surface area (Å²) in [6.45, 7) is 0.968. The summed E-state index contributed by atoms with van der Waals surface area (Å²) in [6, 6.07) is 11.5. The highest BCUT2D eigenvalue weighted by atomic mass is 16.5. The second-order valence-electron chi connectivity index (χ2n) is 10.1. The van der Waals surface area contributed by atoms with E-state index < -0.39 is 0 Å². The van der Waals surface area contributed by atoms with Gasteiger partial charge in [0.1, 0.15) is 11.9 Å². The van der Waals surface area contributed by atoms with E-state index in [1.807, 2.05) is 37.4 Å². The zero-order valence-electron chi connectivity index (χ0n) is 19.9. The Hall–Kier alpha value is -3.17. The Morgan fingerprint density at radius 2 is 2.09 bits per heavy atom. The molecule has 5 atom stereocenters. The maximum Gasteiger partial charge on any atom is 0.298 e.